The molecule has 0 unspecified atom stereocenters. The maximum atomic E-state index is 11.1. The number of aromatic nitrogens is 3. The van der Waals surface area contributed by atoms with Crippen LogP contribution in [0.25, 0.3) is 0 Å². The lowest BCUT2D eigenvalue weighted by Gasteiger charge is -2.13. The van der Waals surface area contributed by atoms with Crippen LogP contribution >= 0.6 is 11.8 Å². The van der Waals surface area contributed by atoms with Gasteiger partial charge in [-0.05, 0) is 13.8 Å². The molecule has 1 aromatic rings. The normalized spacial score (nSPS) is 11.6. The molecule has 9 nitrogen and oxygen atoms in total. The van der Waals surface area contributed by atoms with E-state index in [-0.39, 0.29) is 5.75 Å². The number of carboxylic acid groups (broad SMARTS) is 1. The first kappa shape index (κ1) is 18.0. The molecule has 10 heteroatoms. The van der Waals surface area contributed by atoms with Crippen molar-refractivity contribution in [3.63, 3.8) is 0 Å². The van der Waals surface area contributed by atoms with Gasteiger partial charge < -0.3 is 21.1 Å². The second-order valence-electron chi connectivity index (χ2n) is 4.23. The Morgan fingerprint density at radius 1 is 1.14 bits per heavy atom. The molecule has 4 N–H and O–H groups in total. The van der Waals surface area contributed by atoms with E-state index >= 15 is 0 Å². The van der Waals surface area contributed by atoms with Crippen LogP contribution in [0.4, 0.5) is 11.9 Å². The van der Waals surface area contributed by atoms with Crippen molar-refractivity contribution >= 4 is 35.5 Å². The van der Waals surface area contributed by atoms with Gasteiger partial charge in [0.1, 0.15) is 6.04 Å². The Labute approximate surface area is 132 Å². The third-order valence-electron chi connectivity index (χ3n) is 2.34. The van der Waals surface area contributed by atoms with Crippen LogP contribution in [0.3, 0.4) is 0 Å². The van der Waals surface area contributed by atoms with E-state index in [4.69, 9.17) is 5.11 Å². The van der Waals surface area contributed by atoms with E-state index in [2.05, 4.69) is 30.9 Å². The zero-order valence-corrected chi connectivity index (χ0v) is 13.5. The van der Waals surface area contributed by atoms with Gasteiger partial charge >= 0.3 is 5.97 Å². The monoisotopic (exact) mass is 328 g/mol. The van der Waals surface area contributed by atoms with Crippen LogP contribution in [0.15, 0.2) is 5.16 Å². The minimum atomic E-state index is -1.10. The number of amides is 1. The van der Waals surface area contributed by atoms with Gasteiger partial charge in [-0.25, -0.2) is 4.79 Å². The van der Waals surface area contributed by atoms with Crippen LogP contribution in [0.5, 0.6) is 0 Å². The van der Waals surface area contributed by atoms with Gasteiger partial charge in [0.25, 0.3) is 0 Å². The average molecular weight is 328 g/mol. The summed E-state index contributed by atoms with van der Waals surface area (Å²) in [6.45, 7) is 6.42. The Morgan fingerprint density at radius 3 is 2.09 bits per heavy atom. The number of carbonyl (C=O) groups is 2. The van der Waals surface area contributed by atoms with E-state index in [1.807, 2.05) is 13.8 Å². The molecule has 0 aliphatic carbocycles. The highest BCUT2D eigenvalue weighted by atomic mass is 32.2. The molecular formula is C12H20N6O3S. The lowest BCUT2D eigenvalue weighted by atomic mass is 10.3. The molecule has 0 aromatic carbocycles. The fourth-order valence-corrected chi connectivity index (χ4v) is 2.32. The SMILES string of the molecule is CCNc1nc(NCC)nc(SC[C@H](NC(C)=O)C(=O)O)n1. The maximum absolute atomic E-state index is 11.1. The Bertz CT molecular complexity index is 503. The van der Waals surface area contributed by atoms with Gasteiger partial charge in [-0.2, -0.15) is 15.0 Å². The molecule has 1 amide bonds. The van der Waals surface area contributed by atoms with Crippen molar-refractivity contribution in [3.8, 4) is 0 Å². The van der Waals surface area contributed by atoms with Gasteiger partial charge in [-0.3, -0.25) is 4.79 Å². The molecule has 22 heavy (non-hydrogen) atoms. The topological polar surface area (TPSA) is 129 Å². The fraction of sp³-hybridized carbons (Fsp3) is 0.583. The van der Waals surface area contributed by atoms with Crippen molar-refractivity contribution < 1.29 is 14.7 Å². The smallest absolute Gasteiger partial charge is 0.327 e. The molecular weight excluding hydrogens is 308 g/mol. The largest absolute Gasteiger partial charge is 0.480 e. The number of carboxylic acids is 1. The van der Waals surface area contributed by atoms with Crippen LogP contribution in [0, 0.1) is 0 Å². The second-order valence-corrected chi connectivity index (χ2v) is 5.22. The van der Waals surface area contributed by atoms with Crippen molar-refractivity contribution in [1.82, 2.24) is 20.3 Å². The van der Waals surface area contributed by atoms with Crippen LogP contribution in [0.2, 0.25) is 0 Å². The summed E-state index contributed by atoms with van der Waals surface area (Å²) in [7, 11) is 0. The Balaban J connectivity index is 2.81. The molecule has 1 atom stereocenters. The zero-order valence-electron chi connectivity index (χ0n) is 12.7. The number of thioether (sulfide) groups is 1. The average Bonchev–Trinajstić information content (AvgIpc) is 2.43. The molecule has 1 heterocycles. The number of rotatable bonds is 9. The van der Waals surface area contributed by atoms with E-state index in [0.29, 0.717) is 30.1 Å². The number of hydrogen-bond acceptors (Lipinski definition) is 8. The van der Waals surface area contributed by atoms with Gasteiger partial charge in [0.15, 0.2) is 5.16 Å². The molecule has 0 fully saturated rings. The van der Waals surface area contributed by atoms with Crippen molar-refractivity contribution in [2.45, 2.75) is 32.0 Å². The van der Waals surface area contributed by atoms with E-state index in [9.17, 15) is 9.59 Å². The number of nitrogens with zero attached hydrogens (tertiary/aromatic N) is 3. The first-order chi connectivity index (χ1) is 10.5. The van der Waals surface area contributed by atoms with Crippen molar-refractivity contribution in [2.24, 2.45) is 0 Å². The molecule has 122 valence electrons. The van der Waals surface area contributed by atoms with Gasteiger partial charge in [-0.1, -0.05) is 11.8 Å². The quantitative estimate of drug-likeness (QED) is 0.476. The van der Waals surface area contributed by atoms with Crippen LogP contribution < -0.4 is 16.0 Å². The minimum absolute atomic E-state index is 0.121. The summed E-state index contributed by atoms with van der Waals surface area (Å²) in [6, 6.07) is -0.996. The van der Waals surface area contributed by atoms with Crippen LogP contribution in [0.1, 0.15) is 20.8 Å². The standard InChI is InChI=1S/C12H20N6O3S/c1-4-13-10-16-11(14-5-2)18-12(17-10)22-6-8(9(20)21)15-7(3)19/h8H,4-6H2,1-3H3,(H,15,19)(H,20,21)(H2,13,14,16,17,18)/t8-/m0/s1. The summed E-state index contributed by atoms with van der Waals surface area (Å²) in [4.78, 5) is 34.7. The third kappa shape index (κ3) is 6.12. The molecule has 0 saturated heterocycles. The van der Waals surface area contributed by atoms with E-state index in [0.717, 1.165) is 11.8 Å². The molecule has 1 rings (SSSR count). The highest BCUT2D eigenvalue weighted by molar-refractivity contribution is 7.99. The van der Waals surface area contributed by atoms with Crippen molar-refractivity contribution in [1.29, 1.82) is 0 Å². The summed E-state index contributed by atoms with van der Waals surface area (Å²) >= 11 is 1.14. The molecule has 0 radical (unpaired) electrons. The van der Waals surface area contributed by atoms with Gasteiger partial charge in [0.05, 0.1) is 0 Å². The Morgan fingerprint density at radius 2 is 1.68 bits per heavy atom. The first-order valence-electron chi connectivity index (χ1n) is 6.82. The molecule has 0 spiro atoms. The fourth-order valence-electron chi connectivity index (χ4n) is 1.47. The summed E-state index contributed by atoms with van der Waals surface area (Å²) in [5.41, 5.74) is 0. The summed E-state index contributed by atoms with van der Waals surface area (Å²) in [5, 5.41) is 17.8. The Kier molecular flexibility index (Phi) is 7.37. The maximum Gasteiger partial charge on any atom is 0.327 e. The van der Waals surface area contributed by atoms with E-state index in [1.165, 1.54) is 6.92 Å². The molecule has 1 aromatic heterocycles. The van der Waals surface area contributed by atoms with Gasteiger partial charge in [0.2, 0.25) is 17.8 Å². The predicted octanol–water partition coefficient (Wildman–Crippen LogP) is 0.417. The van der Waals surface area contributed by atoms with Crippen LogP contribution in [-0.4, -0.2) is 56.8 Å². The lowest BCUT2D eigenvalue weighted by molar-refractivity contribution is -0.140. The third-order valence-corrected chi connectivity index (χ3v) is 3.28. The number of hydrogen-bond donors (Lipinski definition) is 4. The summed E-state index contributed by atoms with van der Waals surface area (Å²) < 4.78 is 0. The van der Waals surface area contributed by atoms with Crippen molar-refractivity contribution in [3.05, 3.63) is 0 Å². The molecule has 0 bridgehead atoms. The van der Waals surface area contributed by atoms with Gasteiger partial charge in [-0.15, -0.1) is 0 Å². The molecule has 0 saturated carbocycles. The van der Waals surface area contributed by atoms with E-state index in [1.54, 1.807) is 0 Å². The zero-order chi connectivity index (χ0) is 16.5. The lowest BCUT2D eigenvalue weighted by Crippen LogP contribution is -2.41. The summed E-state index contributed by atoms with van der Waals surface area (Å²) in [5.74, 6) is -0.540. The number of carbonyl (C=O) groups excluding carboxylic acids is 1. The number of aliphatic carboxylic acids is 1. The van der Waals surface area contributed by atoms with Crippen LogP contribution in [-0.2, 0) is 9.59 Å². The number of nitrogens with one attached hydrogen (secondary N) is 3. The highest BCUT2D eigenvalue weighted by Gasteiger charge is 2.19. The van der Waals surface area contributed by atoms with E-state index < -0.39 is 17.9 Å². The van der Waals surface area contributed by atoms with Gasteiger partial charge in [0, 0.05) is 25.8 Å². The highest BCUT2D eigenvalue weighted by Crippen LogP contribution is 2.17. The van der Waals surface area contributed by atoms with Crippen molar-refractivity contribution in [2.75, 3.05) is 29.5 Å². The predicted molar refractivity (Wildman–Crippen MR) is 84.1 cm³/mol. The molecule has 0 aliphatic heterocycles. The first-order valence-corrected chi connectivity index (χ1v) is 7.81. The summed E-state index contributed by atoms with van der Waals surface area (Å²) in [6.07, 6.45) is 0. The number of anilines is 2. The second kappa shape index (κ2) is 9.03. The Hall–Kier alpha value is -2.10. The minimum Gasteiger partial charge on any atom is -0.480 e. The molecule has 0 aliphatic rings.